The number of rotatable bonds is 0. The van der Waals surface area contributed by atoms with Crippen molar-refractivity contribution in [3.8, 4) is 0 Å². The van der Waals surface area contributed by atoms with Crippen LogP contribution in [-0.4, -0.2) is 74.5 Å². The molecule has 0 rings (SSSR count). The Bertz CT molecular complexity index is 11.6. The molecule has 0 aromatic rings. The van der Waals surface area contributed by atoms with Crippen LogP contribution in [0.3, 0.4) is 0 Å². The minimum atomic E-state index is 0. The van der Waals surface area contributed by atoms with Gasteiger partial charge >= 0.3 is 74.5 Å². The molecule has 0 spiro atoms. The van der Waals surface area contributed by atoms with E-state index < -0.39 is 0 Å². The standard InChI is InChI=1S/Bi.Co.Fe.Sb.Sn.8H. The van der Waals surface area contributed by atoms with Gasteiger partial charge in [0.15, 0.2) is 0 Å². The van der Waals surface area contributed by atoms with Gasteiger partial charge in [-0.1, -0.05) is 0 Å². The Kier molecular flexibility index (Phi) is 200. The van der Waals surface area contributed by atoms with E-state index in [1.54, 1.807) is 0 Å². The molecule has 0 nitrogen and oxygen atoms in total. The first-order valence-corrected chi connectivity index (χ1v) is 0. The van der Waals surface area contributed by atoms with Crippen LogP contribution in [0.2, 0.25) is 0 Å². The summed E-state index contributed by atoms with van der Waals surface area (Å²) in [5, 5.41) is 0. The monoisotopic (exact) mass is 573 g/mol. The molecule has 3 radical (unpaired) electrons. The van der Waals surface area contributed by atoms with Crippen LogP contribution in [0, 0.1) is 0 Å². The topological polar surface area (TPSA) is 0 Å². The normalized spacial score (nSPS) is 0. The Balaban J connectivity index is 0. The zero-order chi connectivity index (χ0) is 0. The van der Waals surface area contributed by atoms with Crippen LogP contribution in [-0.2, 0) is 33.8 Å². The van der Waals surface area contributed by atoms with E-state index >= 15 is 0 Å². The van der Waals surface area contributed by atoms with Gasteiger partial charge in [-0.05, 0) is 0 Å². The van der Waals surface area contributed by atoms with E-state index in [4.69, 9.17) is 0 Å². The van der Waals surface area contributed by atoms with Crippen molar-refractivity contribution in [3.05, 3.63) is 0 Å². The van der Waals surface area contributed by atoms with Crippen LogP contribution in [0.25, 0.3) is 0 Å². The van der Waals surface area contributed by atoms with Gasteiger partial charge in [0.2, 0.25) is 0 Å². The molecule has 0 aromatic carbocycles. The summed E-state index contributed by atoms with van der Waals surface area (Å²) in [7, 11) is 0. The van der Waals surface area contributed by atoms with Gasteiger partial charge in [-0.2, -0.15) is 0 Å². The second kappa shape index (κ2) is 25.8. The molecule has 0 fully saturated rings. The molecule has 39 valence electrons. The summed E-state index contributed by atoms with van der Waals surface area (Å²) in [6.45, 7) is 0. The van der Waals surface area contributed by atoms with Gasteiger partial charge in [-0.3, -0.25) is 0 Å². The van der Waals surface area contributed by atoms with Crippen LogP contribution in [0.15, 0.2) is 0 Å². The molecule has 0 N–H and O–H groups in total. The van der Waals surface area contributed by atoms with Gasteiger partial charge in [0, 0.05) is 33.8 Å². The van der Waals surface area contributed by atoms with Crippen molar-refractivity contribution in [2.75, 3.05) is 0 Å². The molecule has 5 heavy (non-hydrogen) atoms. The second-order valence-corrected chi connectivity index (χ2v) is 0. The molecule has 5 heteroatoms. The third-order valence-corrected chi connectivity index (χ3v) is 0. The van der Waals surface area contributed by atoms with Gasteiger partial charge < -0.3 is 0 Å². The number of hydrogen-bond donors (Lipinski definition) is 0. The molecule has 0 aliphatic rings. The molecule has 0 aliphatic carbocycles. The Morgan fingerprint density at radius 1 is 1.00 bits per heavy atom. The summed E-state index contributed by atoms with van der Waals surface area (Å²) in [6, 6.07) is 0. The Morgan fingerprint density at radius 3 is 1.00 bits per heavy atom. The number of hydrogen-bond acceptors (Lipinski definition) is 0. The van der Waals surface area contributed by atoms with Crippen molar-refractivity contribution in [1.82, 2.24) is 0 Å². The first kappa shape index (κ1) is 38.8. The third-order valence-electron chi connectivity index (χ3n) is 0. The van der Waals surface area contributed by atoms with E-state index in [2.05, 4.69) is 0 Å². The van der Waals surface area contributed by atoms with E-state index in [0.29, 0.717) is 0 Å². The second-order valence-electron chi connectivity index (χ2n) is 0. The van der Waals surface area contributed by atoms with E-state index in [0.717, 1.165) is 0 Å². The molecular formula is H8BiCoFeSbSn. The molecule has 0 aliphatic heterocycles. The Labute approximate surface area is 106 Å². The van der Waals surface area contributed by atoms with E-state index in [1.807, 2.05) is 0 Å². The van der Waals surface area contributed by atoms with Crippen molar-refractivity contribution in [3.63, 3.8) is 0 Å². The fraction of sp³-hybridized carbons (Fsp3) is 0. The first-order valence-electron chi connectivity index (χ1n) is 0. The van der Waals surface area contributed by atoms with Crippen molar-refractivity contribution in [2.24, 2.45) is 0 Å². The molecule has 0 atom stereocenters. The van der Waals surface area contributed by atoms with E-state index in [1.165, 1.54) is 0 Å². The van der Waals surface area contributed by atoms with Gasteiger partial charge in [-0.15, -0.1) is 0 Å². The minimum absolute atomic E-state index is 0. The molecule has 0 saturated carbocycles. The van der Waals surface area contributed by atoms with Crippen molar-refractivity contribution in [1.29, 1.82) is 0 Å². The zero-order valence-corrected chi connectivity index (χ0v) is 18.5. The van der Waals surface area contributed by atoms with Crippen LogP contribution in [0.4, 0.5) is 0 Å². The molecule has 0 saturated heterocycles. The van der Waals surface area contributed by atoms with Gasteiger partial charge in [0.25, 0.3) is 0 Å². The van der Waals surface area contributed by atoms with Gasteiger partial charge in [0.05, 0.1) is 0 Å². The summed E-state index contributed by atoms with van der Waals surface area (Å²) in [5.41, 5.74) is 0. The Hall–Kier alpha value is 3.53. The summed E-state index contributed by atoms with van der Waals surface area (Å²) < 4.78 is 0. The van der Waals surface area contributed by atoms with Crippen molar-refractivity contribution < 1.29 is 33.8 Å². The van der Waals surface area contributed by atoms with Crippen LogP contribution in [0.1, 0.15) is 0 Å². The summed E-state index contributed by atoms with van der Waals surface area (Å²) in [6.07, 6.45) is 0. The van der Waals surface area contributed by atoms with Crippen molar-refractivity contribution >= 4 is 74.5 Å². The molecule has 0 bridgehead atoms. The van der Waals surface area contributed by atoms with E-state index in [-0.39, 0.29) is 108 Å². The predicted molar refractivity (Wildman–Crippen MR) is 28.4 cm³/mol. The summed E-state index contributed by atoms with van der Waals surface area (Å²) >= 11 is 0. The van der Waals surface area contributed by atoms with Crippen LogP contribution in [0.5, 0.6) is 0 Å². The predicted octanol–water partition coefficient (Wildman–Crippen LogP) is -3.29. The zero-order valence-electron chi connectivity index (χ0n) is 2.81. The maximum atomic E-state index is 0. The molecule has 0 unspecified atom stereocenters. The molecular weight excluding hydrogens is 564 g/mol. The van der Waals surface area contributed by atoms with Crippen LogP contribution >= 0.6 is 0 Å². The van der Waals surface area contributed by atoms with E-state index in [9.17, 15) is 0 Å². The quantitative estimate of drug-likeness (QED) is 0.268. The fourth-order valence-corrected chi connectivity index (χ4v) is 0. The summed E-state index contributed by atoms with van der Waals surface area (Å²) in [5.74, 6) is 0. The Morgan fingerprint density at radius 2 is 1.00 bits per heavy atom. The van der Waals surface area contributed by atoms with Crippen molar-refractivity contribution in [2.45, 2.75) is 0 Å². The van der Waals surface area contributed by atoms with Gasteiger partial charge in [0.1, 0.15) is 0 Å². The molecule has 0 aromatic heterocycles. The maximum absolute atomic E-state index is 0. The fourth-order valence-electron chi connectivity index (χ4n) is 0. The SMILES string of the molecule is [BiH3].[Co].[Fe].[SbH3].[SnH2]. The molecule has 0 heterocycles. The van der Waals surface area contributed by atoms with Crippen LogP contribution < -0.4 is 0 Å². The molecule has 0 amide bonds. The summed E-state index contributed by atoms with van der Waals surface area (Å²) in [4.78, 5) is 0. The van der Waals surface area contributed by atoms with Gasteiger partial charge in [-0.25, -0.2) is 0 Å². The average molecular weight is 572 g/mol. The average Bonchev–Trinajstić information content (AvgIpc) is 0. The third kappa shape index (κ3) is 18.5. The first-order chi connectivity index (χ1) is 0.